The summed E-state index contributed by atoms with van der Waals surface area (Å²) in [6, 6.07) is 0. The number of rotatable bonds is 5. The Labute approximate surface area is 109 Å². The highest BCUT2D eigenvalue weighted by Crippen LogP contribution is 2.30. The summed E-state index contributed by atoms with van der Waals surface area (Å²) in [7, 11) is 1.59. The van der Waals surface area contributed by atoms with Gasteiger partial charge in [-0.3, -0.25) is 9.59 Å². The van der Waals surface area contributed by atoms with E-state index < -0.39 is 11.1 Å². The molecule has 0 unspecified atom stereocenters. The Morgan fingerprint density at radius 1 is 1.22 bits per heavy atom. The van der Waals surface area contributed by atoms with Crippen LogP contribution < -0.4 is 5.32 Å². The molecule has 104 valence electrons. The molecule has 5 heteroatoms. The van der Waals surface area contributed by atoms with E-state index in [1.807, 2.05) is 13.8 Å². The Hall–Kier alpha value is -1.10. The summed E-state index contributed by atoms with van der Waals surface area (Å²) in [6.07, 6.45) is 1.21. The molecule has 1 saturated heterocycles. The van der Waals surface area contributed by atoms with Gasteiger partial charge in [0.25, 0.3) is 0 Å². The van der Waals surface area contributed by atoms with Crippen molar-refractivity contribution in [1.29, 1.82) is 0 Å². The minimum absolute atomic E-state index is 0.00542. The van der Waals surface area contributed by atoms with Crippen molar-refractivity contribution in [2.75, 3.05) is 20.3 Å². The molecule has 0 saturated carbocycles. The molecule has 1 rings (SSSR count). The van der Waals surface area contributed by atoms with Crippen molar-refractivity contribution >= 4 is 11.8 Å². The molecule has 0 bridgehead atoms. The maximum absolute atomic E-state index is 12.6. The number of carbonyl (C=O) groups is 2. The monoisotopic (exact) mass is 256 g/mol. The molecule has 0 aromatic rings. The van der Waals surface area contributed by atoms with Gasteiger partial charge in [-0.05, 0) is 26.7 Å². The van der Waals surface area contributed by atoms with Gasteiger partial charge in [0.15, 0.2) is 0 Å². The lowest BCUT2D eigenvalue weighted by Gasteiger charge is -2.49. The highest BCUT2D eigenvalue weighted by molar-refractivity contribution is 6.01. The molecule has 18 heavy (non-hydrogen) atoms. The molecule has 2 amide bonds. The lowest BCUT2D eigenvalue weighted by atomic mass is 9.83. The van der Waals surface area contributed by atoms with Crippen LogP contribution in [0.15, 0.2) is 0 Å². The van der Waals surface area contributed by atoms with Crippen LogP contribution in [0.2, 0.25) is 0 Å². The first-order valence-corrected chi connectivity index (χ1v) is 6.49. The van der Waals surface area contributed by atoms with Crippen LogP contribution in [0.1, 0.15) is 40.5 Å². The van der Waals surface area contributed by atoms with E-state index in [9.17, 15) is 9.59 Å². The molecule has 1 N–H and O–H groups in total. The molecule has 0 spiro atoms. The van der Waals surface area contributed by atoms with Crippen molar-refractivity contribution in [3.05, 3.63) is 0 Å². The molecule has 0 aliphatic carbocycles. The summed E-state index contributed by atoms with van der Waals surface area (Å²) in [5.41, 5.74) is -1.57. The molecule has 5 nitrogen and oxygen atoms in total. The number of amides is 2. The van der Waals surface area contributed by atoms with Gasteiger partial charge in [0.1, 0.15) is 11.1 Å². The summed E-state index contributed by atoms with van der Waals surface area (Å²) >= 11 is 0. The van der Waals surface area contributed by atoms with E-state index in [4.69, 9.17) is 4.74 Å². The van der Waals surface area contributed by atoms with Gasteiger partial charge < -0.3 is 15.0 Å². The molecule has 1 aliphatic rings. The van der Waals surface area contributed by atoms with Crippen molar-refractivity contribution in [3.8, 4) is 0 Å². The van der Waals surface area contributed by atoms with E-state index in [0.717, 1.165) is 0 Å². The summed E-state index contributed by atoms with van der Waals surface area (Å²) < 4.78 is 5.03. The Morgan fingerprint density at radius 3 is 2.22 bits per heavy atom. The van der Waals surface area contributed by atoms with Crippen LogP contribution in [-0.2, 0) is 14.3 Å². The minimum atomic E-state index is -0.816. The second-order valence-electron chi connectivity index (χ2n) is 5.25. The highest BCUT2D eigenvalue weighted by Gasteiger charge is 2.52. The molecular formula is C13H24N2O3. The quantitative estimate of drug-likeness (QED) is 0.796. The third kappa shape index (κ3) is 2.23. The molecule has 1 aliphatic heterocycles. The van der Waals surface area contributed by atoms with Gasteiger partial charge in [0, 0.05) is 13.7 Å². The van der Waals surface area contributed by atoms with Gasteiger partial charge in [0.05, 0.1) is 6.61 Å². The number of carbonyl (C=O) groups excluding carboxylic acids is 2. The van der Waals surface area contributed by atoms with E-state index in [1.54, 1.807) is 25.9 Å². The SMILES string of the molecule is CCC1(CC)NC(=O)C(C)(C)N(CCOC)C1=O. The van der Waals surface area contributed by atoms with Gasteiger partial charge >= 0.3 is 0 Å². The second-order valence-corrected chi connectivity index (χ2v) is 5.25. The van der Waals surface area contributed by atoms with E-state index >= 15 is 0 Å². The van der Waals surface area contributed by atoms with E-state index in [1.165, 1.54) is 0 Å². The van der Waals surface area contributed by atoms with Crippen LogP contribution in [0.3, 0.4) is 0 Å². The summed E-state index contributed by atoms with van der Waals surface area (Å²) in [5, 5.41) is 2.90. The zero-order valence-corrected chi connectivity index (χ0v) is 12.0. The number of nitrogens with zero attached hydrogens (tertiary/aromatic N) is 1. The average Bonchev–Trinajstić information content (AvgIpc) is 2.34. The van der Waals surface area contributed by atoms with E-state index in [2.05, 4.69) is 5.32 Å². The number of piperazine rings is 1. The predicted molar refractivity (Wildman–Crippen MR) is 69.1 cm³/mol. The maximum Gasteiger partial charge on any atom is 0.249 e. The largest absolute Gasteiger partial charge is 0.383 e. The molecule has 1 heterocycles. The fraction of sp³-hybridized carbons (Fsp3) is 0.846. The Morgan fingerprint density at radius 2 is 1.78 bits per heavy atom. The number of ether oxygens (including phenoxy) is 1. The normalized spacial score (nSPS) is 21.9. The lowest BCUT2D eigenvalue weighted by Crippen LogP contribution is -2.74. The van der Waals surface area contributed by atoms with Crippen LogP contribution in [0.25, 0.3) is 0 Å². The highest BCUT2D eigenvalue weighted by atomic mass is 16.5. The second kappa shape index (κ2) is 5.26. The Bertz CT molecular complexity index is 335. The van der Waals surface area contributed by atoms with Gasteiger partial charge in [0.2, 0.25) is 11.8 Å². The zero-order valence-electron chi connectivity index (χ0n) is 12.0. The van der Waals surface area contributed by atoms with Crippen molar-refractivity contribution in [2.24, 2.45) is 0 Å². The zero-order chi connectivity index (χ0) is 14.0. The molecule has 0 aromatic heterocycles. The van der Waals surface area contributed by atoms with Gasteiger partial charge in [-0.25, -0.2) is 0 Å². The van der Waals surface area contributed by atoms with Crippen LogP contribution in [-0.4, -0.2) is 48.1 Å². The summed E-state index contributed by atoms with van der Waals surface area (Å²) in [5.74, 6) is -0.101. The van der Waals surface area contributed by atoms with Crippen LogP contribution in [0.4, 0.5) is 0 Å². The minimum Gasteiger partial charge on any atom is -0.383 e. The third-order valence-electron chi connectivity index (χ3n) is 3.96. The maximum atomic E-state index is 12.6. The fourth-order valence-corrected chi connectivity index (χ4v) is 2.35. The third-order valence-corrected chi connectivity index (χ3v) is 3.96. The first-order chi connectivity index (χ1) is 8.35. The van der Waals surface area contributed by atoms with Crippen molar-refractivity contribution in [1.82, 2.24) is 10.2 Å². The molecule has 0 radical (unpaired) electrons. The molecule has 1 fully saturated rings. The summed E-state index contributed by atoms with van der Waals surface area (Å²) in [4.78, 5) is 26.5. The number of hydrogen-bond acceptors (Lipinski definition) is 3. The van der Waals surface area contributed by atoms with Crippen LogP contribution in [0, 0.1) is 0 Å². The molecule has 0 aromatic carbocycles. The topological polar surface area (TPSA) is 58.6 Å². The molecular weight excluding hydrogens is 232 g/mol. The van der Waals surface area contributed by atoms with E-state index in [0.29, 0.717) is 26.0 Å². The van der Waals surface area contributed by atoms with Crippen LogP contribution in [0.5, 0.6) is 0 Å². The van der Waals surface area contributed by atoms with Crippen molar-refractivity contribution in [2.45, 2.75) is 51.6 Å². The Balaban J connectivity index is 3.08. The van der Waals surface area contributed by atoms with Crippen molar-refractivity contribution < 1.29 is 14.3 Å². The first kappa shape index (κ1) is 15.0. The van der Waals surface area contributed by atoms with Gasteiger partial charge in [-0.15, -0.1) is 0 Å². The lowest BCUT2D eigenvalue weighted by molar-refractivity contribution is -0.162. The number of nitrogens with one attached hydrogen (secondary N) is 1. The average molecular weight is 256 g/mol. The van der Waals surface area contributed by atoms with Gasteiger partial charge in [-0.2, -0.15) is 0 Å². The van der Waals surface area contributed by atoms with E-state index in [-0.39, 0.29) is 11.8 Å². The smallest absolute Gasteiger partial charge is 0.249 e. The standard InChI is InChI=1S/C13H24N2O3/c1-6-13(7-2)11(17)15(8-9-18-5)12(3,4)10(16)14-13/h6-9H2,1-5H3,(H,14,16). The van der Waals surface area contributed by atoms with Crippen molar-refractivity contribution in [3.63, 3.8) is 0 Å². The summed E-state index contributed by atoms with van der Waals surface area (Å²) in [6.45, 7) is 8.27. The number of methoxy groups -OCH3 is 1. The van der Waals surface area contributed by atoms with Crippen LogP contribution >= 0.6 is 0 Å². The first-order valence-electron chi connectivity index (χ1n) is 6.49. The fourth-order valence-electron chi connectivity index (χ4n) is 2.35. The number of hydrogen-bond donors (Lipinski definition) is 1. The predicted octanol–water partition coefficient (Wildman–Crippen LogP) is 0.929. The Kier molecular flexibility index (Phi) is 4.37. The molecule has 0 atom stereocenters. The van der Waals surface area contributed by atoms with Gasteiger partial charge in [-0.1, -0.05) is 13.8 Å².